The van der Waals surface area contributed by atoms with Crippen LogP contribution in [-0.4, -0.2) is 81.0 Å². The predicted octanol–water partition coefficient (Wildman–Crippen LogP) is -0.568. The summed E-state index contributed by atoms with van der Waals surface area (Å²) in [7, 11) is -1.04. The largest absolute Gasteiger partial charge is 0.340 e. The fourth-order valence-corrected chi connectivity index (χ4v) is 3.59. The van der Waals surface area contributed by atoms with Gasteiger partial charge in [0.25, 0.3) is 0 Å². The Bertz CT molecular complexity index is 422. The number of amides is 1. The van der Waals surface area contributed by atoms with Gasteiger partial charge in [-0.15, -0.1) is 0 Å². The molecule has 6 nitrogen and oxygen atoms in total. The third-order valence-electron chi connectivity index (χ3n) is 4.09. The van der Waals surface area contributed by atoms with Gasteiger partial charge in [0, 0.05) is 45.2 Å². The van der Waals surface area contributed by atoms with Crippen molar-refractivity contribution < 1.29 is 13.2 Å². The average Bonchev–Trinajstić information content (AvgIpc) is 2.38. The third kappa shape index (κ3) is 3.67. The van der Waals surface area contributed by atoms with Gasteiger partial charge in [-0.3, -0.25) is 4.79 Å². The molecule has 0 aromatic carbocycles. The van der Waals surface area contributed by atoms with Crippen molar-refractivity contribution >= 4 is 15.9 Å². The second-order valence-corrected chi connectivity index (χ2v) is 7.55. The van der Waals surface area contributed by atoms with E-state index in [9.17, 15) is 13.2 Å². The highest BCUT2D eigenvalue weighted by Gasteiger charge is 2.32. The molecule has 2 rings (SSSR count). The van der Waals surface area contributed by atoms with Crippen LogP contribution in [0.5, 0.6) is 0 Å². The lowest BCUT2D eigenvalue weighted by molar-refractivity contribution is -0.138. The lowest BCUT2D eigenvalue weighted by Gasteiger charge is -2.37. The Labute approximate surface area is 115 Å². The summed E-state index contributed by atoms with van der Waals surface area (Å²) in [4.78, 5) is 16.5. The summed E-state index contributed by atoms with van der Waals surface area (Å²) in [5.41, 5.74) is 0. The van der Waals surface area contributed by atoms with Crippen LogP contribution in [-0.2, 0) is 14.8 Å². The summed E-state index contributed by atoms with van der Waals surface area (Å²) in [5, 5.41) is 0. The average molecular weight is 289 g/mol. The Morgan fingerprint density at radius 3 is 2.00 bits per heavy atom. The van der Waals surface area contributed by atoms with E-state index in [0.717, 1.165) is 26.2 Å². The molecule has 1 amide bonds. The Morgan fingerprint density at radius 1 is 1.00 bits per heavy atom. The SMILES string of the molecule is CN1CCN(C(=O)C2CCN(S(C)(=O)=O)CC2)CC1. The molecule has 19 heavy (non-hydrogen) atoms. The maximum absolute atomic E-state index is 12.4. The molecule has 110 valence electrons. The lowest BCUT2D eigenvalue weighted by atomic mass is 9.96. The summed E-state index contributed by atoms with van der Waals surface area (Å²) < 4.78 is 24.3. The van der Waals surface area contributed by atoms with E-state index in [0.29, 0.717) is 25.9 Å². The fraction of sp³-hybridized carbons (Fsp3) is 0.917. The number of likely N-dealkylation sites (N-methyl/N-ethyl adjacent to an activating group) is 1. The molecule has 0 unspecified atom stereocenters. The zero-order chi connectivity index (χ0) is 14.0. The standard InChI is InChI=1S/C12H23N3O3S/c1-13-7-9-14(10-8-13)12(16)11-3-5-15(6-4-11)19(2,17)18/h11H,3-10H2,1-2H3. The second kappa shape index (κ2) is 5.76. The zero-order valence-corrected chi connectivity index (χ0v) is 12.5. The van der Waals surface area contributed by atoms with Gasteiger partial charge in [0.15, 0.2) is 0 Å². The molecule has 0 aromatic heterocycles. The van der Waals surface area contributed by atoms with Crippen LogP contribution in [0.1, 0.15) is 12.8 Å². The highest BCUT2D eigenvalue weighted by Crippen LogP contribution is 2.21. The number of hydrogen-bond acceptors (Lipinski definition) is 4. The van der Waals surface area contributed by atoms with Crippen LogP contribution in [0.3, 0.4) is 0 Å². The van der Waals surface area contributed by atoms with Crippen LogP contribution in [0.25, 0.3) is 0 Å². The van der Waals surface area contributed by atoms with Crippen LogP contribution in [0, 0.1) is 5.92 Å². The fourth-order valence-electron chi connectivity index (χ4n) is 2.72. The minimum absolute atomic E-state index is 0.00130. The van der Waals surface area contributed by atoms with E-state index in [2.05, 4.69) is 11.9 Å². The predicted molar refractivity (Wildman–Crippen MR) is 73.2 cm³/mol. The Hall–Kier alpha value is -0.660. The van der Waals surface area contributed by atoms with E-state index in [1.807, 2.05) is 4.90 Å². The first-order valence-corrected chi connectivity index (χ1v) is 8.65. The van der Waals surface area contributed by atoms with Gasteiger partial charge in [0.05, 0.1) is 6.26 Å². The van der Waals surface area contributed by atoms with Crippen molar-refractivity contribution in [2.75, 3.05) is 52.6 Å². The number of carbonyl (C=O) groups is 1. The lowest BCUT2D eigenvalue weighted by Crippen LogP contribution is -2.50. The van der Waals surface area contributed by atoms with E-state index in [1.165, 1.54) is 10.6 Å². The van der Waals surface area contributed by atoms with E-state index in [4.69, 9.17) is 0 Å². The number of rotatable bonds is 2. The van der Waals surface area contributed by atoms with E-state index in [-0.39, 0.29) is 11.8 Å². The summed E-state index contributed by atoms with van der Waals surface area (Å²) in [6, 6.07) is 0. The van der Waals surface area contributed by atoms with Crippen molar-refractivity contribution in [2.24, 2.45) is 5.92 Å². The molecule has 0 atom stereocenters. The third-order valence-corrected chi connectivity index (χ3v) is 5.39. The van der Waals surface area contributed by atoms with Crippen LogP contribution in [0.2, 0.25) is 0 Å². The van der Waals surface area contributed by atoms with Gasteiger partial charge in [-0.05, 0) is 19.9 Å². The molecule has 0 saturated carbocycles. The van der Waals surface area contributed by atoms with E-state index < -0.39 is 10.0 Å². The molecule has 0 radical (unpaired) electrons. The van der Waals surface area contributed by atoms with E-state index >= 15 is 0 Å². The molecule has 0 aliphatic carbocycles. The molecule has 2 saturated heterocycles. The number of piperidine rings is 1. The molecule has 0 spiro atoms. The first-order valence-electron chi connectivity index (χ1n) is 6.80. The molecule has 2 aliphatic rings. The molecule has 2 fully saturated rings. The monoisotopic (exact) mass is 289 g/mol. The highest BCUT2D eigenvalue weighted by atomic mass is 32.2. The van der Waals surface area contributed by atoms with Crippen molar-refractivity contribution in [2.45, 2.75) is 12.8 Å². The van der Waals surface area contributed by atoms with Crippen molar-refractivity contribution in [3.05, 3.63) is 0 Å². The number of carbonyl (C=O) groups excluding carboxylic acids is 1. The van der Waals surface area contributed by atoms with E-state index in [1.54, 1.807) is 0 Å². The first kappa shape index (κ1) is 14.7. The smallest absolute Gasteiger partial charge is 0.225 e. The number of nitrogens with zero attached hydrogens (tertiary/aromatic N) is 3. The van der Waals surface area contributed by atoms with Crippen molar-refractivity contribution in [1.29, 1.82) is 0 Å². The molecule has 2 aliphatic heterocycles. The summed E-state index contributed by atoms with van der Waals surface area (Å²) in [6.07, 6.45) is 2.53. The normalized spacial score (nSPS) is 24.6. The van der Waals surface area contributed by atoms with Crippen molar-refractivity contribution in [3.8, 4) is 0 Å². The van der Waals surface area contributed by atoms with Gasteiger partial charge in [-0.1, -0.05) is 0 Å². The number of hydrogen-bond donors (Lipinski definition) is 0. The molecular weight excluding hydrogens is 266 g/mol. The van der Waals surface area contributed by atoms with Crippen molar-refractivity contribution in [3.63, 3.8) is 0 Å². The Kier molecular flexibility index (Phi) is 4.47. The van der Waals surface area contributed by atoms with Gasteiger partial charge in [-0.25, -0.2) is 12.7 Å². The summed E-state index contributed by atoms with van der Waals surface area (Å²) >= 11 is 0. The Balaban J connectivity index is 1.86. The van der Waals surface area contributed by atoms with Gasteiger partial charge < -0.3 is 9.80 Å². The molecular formula is C12H23N3O3S. The van der Waals surface area contributed by atoms with Gasteiger partial charge >= 0.3 is 0 Å². The molecule has 0 aromatic rings. The molecule has 0 bridgehead atoms. The second-order valence-electron chi connectivity index (χ2n) is 5.56. The van der Waals surface area contributed by atoms with Crippen LogP contribution in [0.4, 0.5) is 0 Å². The summed E-state index contributed by atoms with van der Waals surface area (Å²) in [5.74, 6) is 0.211. The quantitative estimate of drug-likeness (QED) is 0.683. The molecule has 2 heterocycles. The topological polar surface area (TPSA) is 60.9 Å². The van der Waals surface area contributed by atoms with Crippen molar-refractivity contribution in [1.82, 2.24) is 14.1 Å². The summed E-state index contributed by atoms with van der Waals surface area (Å²) in [6.45, 7) is 4.39. The minimum atomic E-state index is -3.11. The Morgan fingerprint density at radius 2 is 1.53 bits per heavy atom. The first-order chi connectivity index (χ1) is 8.88. The maximum Gasteiger partial charge on any atom is 0.225 e. The molecule has 0 N–H and O–H groups in total. The highest BCUT2D eigenvalue weighted by molar-refractivity contribution is 7.88. The van der Waals surface area contributed by atoms with Gasteiger partial charge in [0.1, 0.15) is 0 Å². The zero-order valence-electron chi connectivity index (χ0n) is 11.7. The van der Waals surface area contributed by atoms with Gasteiger partial charge in [0.2, 0.25) is 15.9 Å². The number of sulfonamides is 1. The number of piperazine rings is 1. The van der Waals surface area contributed by atoms with Gasteiger partial charge in [-0.2, -0.15) is 0 Å². The molecule has 7 heteroatoms. The maximum atomic E-state index is 12.4. The van der Waals surface area contributed by atoms with Crippen LogP contribution >= 0.6 is 0 Å². The van der Waals surface area contributed by atoms with Crippen LogP contribution < -0.4 is 0 Å². The van der Waals surface area contributed by atoms with Crippen LogP contribution in [0.15, 0.2) is 0 Å². The minimum Gasteiger partial charge on any atom is -0.340 e.